The first-order valence-corrected chi connectivity index (χ1v) is 10.1. The van der Waals surface area contributed by atoms with Gasteiger partial charge in [-0.2, -0.15) is 0 Å². The molecule has 0 radical (unpaired) electrons. The number of hydrogen-bond donors (Lipinski definition) is 2. The molecule has 8 heteroatoms. The molecule has 2 fully saturated rings. The molecule has 0 amide bonds. The predicted octanol–water partition coefficient (Wildman–Crippen LogP) is 2.29. The maximum Gasteiger partial charge on any atom is 0.269 e. The lowest BCUT2D eigenvalue weighted by Gasteiger charge is -2.48. The molecule has 1 aromatic carbocycles. The molecule has 28 heavy (non-hydrogen) atoms. The van der Waals surface area contributed by atoms with Crippen molar-refractivity contribution in [3.05, 3.63) is 39.9 Å². The average molecular weight is 390 g/mol. The van der Waals surface area contributed by atoms with Crippen LogP contribution in [0.5, 0.6) is 0 Å². The Morgan fingerprint density at radius 1 is 1.25 bits per heavy atom. The number of nitrogens with zero attached hydrogens (tertiary/aromatic N) is 3. The van der Waals surface area contributed by atoms with E-state index in [4.69, 9.17) is 4.74 Å². The molecule has 0 spiro atoms. The Hall–Kier alpha value is -2.19. The van der Waals surface area contributed by atoms with E-state index in [9.17, 15) is 10.1 Å². The molecule has 1 saturated heterocycles. The second-order valence-corrected chi connectivity index (χ2v) is 7.59. The summed E-state index contributed by atoms with van der Waals surface area (Å²) in [5.41, 5.74) is 1.12. The summed E-state index contributed by atoms with van der Waals surface area (Å²) >= 11 is 0. The molecule has 154 valence electrons. The largest absolute Gasteiger partial charge is 0.379 e. The number of non-ortho nitro benzene ring substituents is 1. The van der Waals surface area contributed by atoms with Gasteiger partial charge in [-0.3, -0.25) is 20.0 Å². The Kier molecular flexibility index (Phi) is 7.22. The quantitative estimate of drug-likeness (QED) is 0.336. The number of ether oxygens (including phenoxy) is 1. The number of aliphatic imine (C=N–C) groups is 1. The highest BCUT2D eigenvalue weighted by Gasteiger charge is 2.38. The Morgan fingerprint density at radius 2 is 2.00 bits per heavy atom. The van der Waals surface area contributed by atoms with Crippen molar-refractivity contribution in [1.82, 2.24) is 15.5 Å². The first kappa shape index (κ1) is 20.5. The lowest BCUT2D eigenvalue weighted by Crippen LogP contribution is -2.60. The van der Waals surface area contributed by atoms with E-state index in [1.165, 1.54) is 38.2 Å². The van der Waals surface area contributed by atoms with Gasteiger partial charge in [0, 0.05) is 50.9 Å². The summed E-state index contributed by atoms with van der Waals surface area (Å²) in [6, 6.07) is 6.69. The molecule has 1 aliphatic carbocycles. The van der Waals surface area contributed by atoms with Crippen LogP contribution >= 0.6 is 0 Å². The lowest BCUT2D eigenvalue weighted by atomic mass is 9.80. The number of morpholine rings is 1. The molecular formula is C20H31N5O3. The van der Waals surface area contributed by atoms with Gasteiger partial charge in [-0.1, -0.05) is 31.4 Å². The highest BCUT2D eigenvalue weighted by Crippen LogP contribution is 2.33. The van der Waals surface area contributed by atoms with Gasteiger partial charge in [0.2, 0.25) is 0 Å². The molecular weight excluding hydrogens is 358 g/mol. The van der Waals surface area contributed by atoms with Crippen molar-refractivity contribution in [2.45, 2.75) is 44.2 Å². The molecule has 1 saturated carbocycles. The van der Waals surface area contributed by atoms with Crippen molar-refractivity contribution in [2.24, 2.45) is 4.99 Å². The van der Waals surface area contributed by atoms with Crippen molar-refractivity contribution in [3.8, 4) is 0 Å². The van der Waals surface area contributed by atoms with Gasteiger partial charge >= 0.3 is 0 Å². The van der Waals surface area contributed by atoms with E-state index in [1.54, 1.807) is 19.2 Å². The summed E-state index contributed by atoms with van der Waals surface area (Å²) in [4.78, 5) is 17.5. The van der Waals surface area contributed by atoms with E-state index in [-0.39, 0.29) is 16.1 Å². The van der Waals surface area contributed by atoms with Gasteiger partial charge < -0.3 is 15.4 Å². The van der Waals surface area contributed by atoms with Gasteiger partial charge in [0.1, 0.15) is 0 Å². The summed E-state index contributed by atoms with van der Waals surface area (Å²) in [6.07, 6.45) is 6.23. The molecule has 8 nitrogen and oxygen atoms in total. The fourth-order valence-electron chi connectivity index (χ4n) is 4.29. The highest BCUT2D eigenvalue weighted by molar-refractivity contribution is 5.79. The summed E-state index contributed by atoms with van der Waals surface area (Å²) < 4.78 is 5.55. The second kappa shape index (κ2) is 9.84. The third-order valence-corrected chi connectivity index (χ3v) is 5.86. The first-order valence-electron chi connectivity index (χ1n) is 10.1. The number of nitro benzene ring substituents is 1. The minimum atomic E-state index is -0.369. The van der Waals surface area contributed by atoms with Crippen molar-refractivity contribution in [1.29, 1.82) is 0 Å². The maximum absolute atomic E-state index is 10.9. The standard InChI is InChI=1S/C20H31N5O3/c1-21-19(22-15-17-6-5-7-18(14-17)25(26)27)23-16-20(8-3-2-4-9-20)24-10-12-28-13-11-24/h5-7,14H,2-4,8-13,15-16H2,1H3,(H2,21,22,23). The second-order valence-electron chi connectivity index (χ2n) is 7.59. The van der Waals surface area contributed by atoms with Crippen LogP contribution in [0.25, 0.3) is 0 Å². The monoisotopic (exact) mass is 389 g/mol. The minimum absolute atomic E-state index is 0.107. The van der Waals surface area contributed by atoms with Crippen LogP contribution in [0.4, 0.5) is 5.69 Å². The summed E-state index contributed by atoms with van der Waals surface area (Å²) in [6.45, 7) is 4.93. The molecule has 0 aromatic heterocycles. The predicted molar refractivity (Wildman–Crippen MR) is 110 cm³/mol. The van der Waals surface area contributed by atoms with Gasteiger partial charge in [-0.25, -0.2) is 0 Å². The number of nitrogens with one attached hydrogen (secondary N) is 2. The van der Waals surface area contributed by atoms with E-state index in [2.05, 4.69) is 20.5 Å². The highest BCUT2D eigenvalue weighted by atomic mass is 16.6. The molecule has 1 heterocycles. The zero-order chi connectivity index (χ0) is 19.8. The van der Waals surface area contributed by atoms with Crippen LogP contribution < -0.4 is 10.6 Å². The number of rotatable bonds is 6. The summed E-state index contributed by atoms with van der Waals surface area (Å²) in [5, 5.41) is 17.7. The molecule has 2 aliphatic rings. The van der Waals surface area contributed by atoms with Gasteiger partial charge in [0.05, 0.1) is 18.1 Å². The van der Waals surface area contributed by atoms with Crippen LogP contribution in [0.2, 0.25) is 0 Å². The summed E-state index contributed by atoms with van der Waals surface area (Å²) in [7, 11) is 1.76. The smallest absolute Gasteiger partial charge is 0.269 e. The van der Waals surface area contributed by atoms with Crippen molar-refractivity contribution in [2.75, 3.05) is 39.9 Å². The van der Waals surface area contributed by atoms with Crippen LogP contribution in [0.15, 0.2) is 29.3 Å². The molecule has 2 N–H and O–H groups in total. The topological polar surface area (TPSA) is 92.0 Å². The lowest BCUT2D eigenvalue weighted by molar-refractivity contribution is -0.384. The van der Waals surface area contributed by atoms with E-state index >= 15 is 0 Å². The van der Waals surface area contributed by atoms with Gasteiger partial charge in [-0.15, -0.1) is 0 Å². The van der Waals surface area contributed by atoms with Crippen LogP contribution in [0.3, 0.4) is 0 Å². The average Bonchev–Trinajstić information content (AvgIpc) is 2.75. The molecule has 1 aliphatic heterocycles. The fraction of sp³-hybridized carbons (Fsp3) is 0.650. The normalized spacial score (nSPS) is 20.5. The van der Waals surface area contributed by atoms with E-state index in [0.29, 0.717) is 6.54 Å². The number of benzene rings is 1. The van der Waals surface area contributed by atoms with Crippen LogP contribution in [-0.2, 0) is 11.3 Å². The molecule has 0 unspecified atom stereocenters. The number of guanidine groups is 1. The van der Waals surface area contributed by atoms with Crippen molar-refractivity contribution < 1.29 is 9.66 Å². The molecule has 0 atom stereocenters. The van der Waals surface area contributed by atoms with E-state index in [1.807, 2.05) is 6.07 Å². The number of nitro groups is 1. The Bertz CT molecular complexity index is 682. The minimum Gasteiger partial charge on any atom is -0.379 e. The summed E-state index contributed by atoms with van der Waals surface area (Å²) in [5.74, 6) is 0.727. The van der Waals surface area contributed by atoms with Crippen molar-refractivity contribution >= 4 is 11.6 Å². The van der Waals surface area contributed by atoms with Crippen LogP contribution in [0, 0.1) is 10.1 Å². The molecule has 3 rings (SSSR count). The van der Waals surface area contributed by atoms with E-state index < -0.39 is 0 Å². The van der Waals surface area contributed by atoms with Crippen LogP contribution in [0.1, 0.15) is 37.7 Å². The fourth-order valence-corrected chi connectivity index (χ4v) is 4.29. The zero-order valence-electron chi connectivity index (χ0n) is 16.7. The maximum atomic E-state index is 10.9. The number of hydrogen-bond acceptors (Lipinski definition) is 5. The van der Waals surface area contributed by atoms with Crippen molar-refractivity contribution in [3.63, 3.8) is 0 Å². The zero-order valence-corrected chi connectivity index (χ0v) is 16.7. The van der Waals surface area contributed by atoms with Crippen LogP contribution in [-0.4, -0.2) is 61.2 Å². The van der Waals surface area contributed by atoms with Gasteiger partial charge in [0.25, 0.3) is 5.69 Å². The SMILES string of the molecule is CN=C(NCc1cccc([N+](=O)[O-])c1)NCC1(N2CCOCC2)CCCCC1. The molecule has 1 aromatic rings. The molecule has 0 bridgehead atoms. The Morgan fingerprint density at radius 3 is 2.68 bits per heavy atom. The Balaban J connectivity index is 1.58. The Labute approximate surface area is 166 Å². The van der Waals surface area contributed by atoms with E-state index in [0.717, 1.165) is 44.4 Å². The third kappa shape index (κ3) is 5.20. The first-order chi connectivity index (χ1) is 13.6. The van der Waals surface area contributed by atoms with Gasteiger partial charge in [-0.05, 0) is 18.4 Å². The van der Waals surface area contributed by atoms with Gasteiger partial charge in [0.15, 0.2) is 5.96 Å². The third-order valence-electron chi connectivity index (χ3n) is 5.86.